The molecule has 158 valence electrons. The number of halogens is 1. The molecule has 31 heavy (non-hydrogen) atoms. The summed E-state index contributed by atoms with van der Waals surface area (Å²) in [4.78, 5) is 39.1. The normalized spacial score (nSPS) is 10.9. The van der Waals surface area contributed by atoms with E-state index in [-0.39, 0.29) is 41.1 Å². The number of rotatable bonds is 6. The molecule has 0 saturated carbocycles. The Kier molecular flexibility index (Phi) is 5.92. The van der Waals surface area contributed by atoms with Crippen LogP contribution in [0.2, 0.25) is 0 Å². The molecular formula is C21H16FN3O4S2. The molecule has 1 aromatic carbocycles. The Hall–Kier alpha value is -3.37. The molecule has 0 bridgehead atoms. The molecule has 0 unspecified atom stereocenters. The lowest BCUT2D eigenvalue weighted by Gasteiger charge is -2.10. The summed E-state index contributed by atoms with van der Waals surface area (Å²) >= 11 is 2.56. The molecule has 0 aliphatic heterocycles. The fourth-order valence-corrected chi connectivity index (χ4v) is 4.67. The maximum atomic E-state index is 13.8. The molecule has 4 rings (SSSR count). The minimum absolute atomic E-state index is 0.0873. The standard InChI is InChI=1S/C21H16FN3O4S2/c1-2-29-21(28)18-15-11-31-19(23-16(26)10-14-7-4-8-30-14)17(15)20(27)25(24-18)13-6-3-5-12(22)9-13/h3-9,11H,2,10H2,1H3,(H,23,26). The average molecular weight is 458 g/mol. The number of ether oxygens (including phenoxy) is 1. The van der Waals surface area contributed by atoms with Gasteiger partial charge in [0.2, 0.25) is 5.91 Å². The SMILES string of the molecule is CCOC(=O)c1nn(-c2cccc(F)c2)c(=O)c2c(NC(=O)Cc3cccs3)scc12. The van der Waals surface area contributed by atoms with Crippen molar-refractivity contribution in [3.63, 3.8) is 0 Å². The molecule has 1 amide bonds. The van der Waals surface area contributed by atoms with Crippen LogP contribution in [0.4, 0.5) is 9.39 Å². The van der Waals surface area contributed by atoms with Gasteiger partial charge in [0, 0.05) is 15.6 Å². The topological polar surface area (TPSA) is 90.3 Å². The zero-order valence-electron chi connectivity index (χ0n) is 16.3. The van der Waals surface area contributed by atoms with Crippen LogP contribution >= 0.6 is 22.7 Å². The number of anilines is 1. The van der Waals surface area contributed by atoms with E-state index in [0.29, 0.717) is 5.00 Å². The fourth-order valence-electron chi connectivity index (χ4n) is 3.02. The highest BCUT2D eigenvalue weighted by Crippen LogP contribution is 2.31. The zero-order chi connectivity index (χ0) is 22.0. The van der Waals surface area contributed by atoms with E-state index in [1.807, 2.05) is 17.5 Å². The van der Waals surface area contributed by atoms with E-state index in [9.17, 15) is 18.8 Å². The second kappa shape index (κ2) is 8.78. The van der Waals surface area contributed by atoms with Crippen molar-refractivity contribution in [2.45, 2.75) is 13.3 Å². The fraction of sp³-hybridized carbons (Fsp3) is 0.143. The number of fused-ring (bicyclic) bond motifs is 1. The number of aromatic nitrogens is 2. The van der Waals surface area contributed by atoms with Crippen LogP contribution in [-0.2, 0) is 16.0 Å². The summed E-state index contributed by atoms with van der Waals surface area (Å²) in [5.74, 6) is -1.57. The third-order valence-corrected chi connectivity index (χ3v) is 6.11. The first-order valence-electron chi connectivity index (χ1n) is 9.27. The quantitative estimate of drug-likeness (QED) is 0.442. The number of hydrogen-bond donors (Lipinski definition) is 1. The summed E-state index contributed by atoms with van der Waals surface area (Å²) < 4.78 is 19.8. The second-order valence-electron chi connectivity index (χ2n) is 6.42. The monoisotopic (exact) mass is 457 g/mol. The van der Waals surface area contributed by atoms with Gasteiger partial charge in [0.05, 0.1) is 24.1 Å². The van der Waals surface area contributed by atoms with Gasteiger partial charge in [0.1, 0.15) is 10.8 Å². The van der Waals surface area contributed by atoms with Crippen LogP contribution in [0.15, 0.2) is 52.0 Å². The lowest BCUT2D eigenvalue weighted by atomic mass is 10.2. The van der Waals surface area contributed by atoms with Gasteiger partial charge >= 0.3 is 5.97 Å². The van der Waals surface area contributed by atoms with E-state index in [1.54, 1.807) is 12.3 Å². The first-order chi connectivity index (χ1) is 15.0. The number of nitrogens with zero attached hydrogens (tertiary/aromatic N) is 2. The van der Waals surface area contributed by atoms with Gasteiger partial charge in [-0.3, -0.25) is 9.59 Å². The van der Waals surface area contributed by atoms with Crippen molar-refractivity contribution in [3.05, 3.63) is 73.9 Å². The number of hydrogen-bond acceptors (Lipinski definition) is 7. The van der Waals surface area contributed by atoms with E-state index in [4.69, 9.17) is 4.74 Å². The highest BCUT2D eigenvalue weighted by Gasteiger charge is 2.23. The molecule has 0 fully saturated rings. The van der Waals surface area contributed by atoms with Crippen molar-refractivity contribution in [2.24, 2.45) is 0 Å². The van der Waals surface area contributed by atoms with Gasteiger partial charge in [-0.25, -0.2) is 9.18 Å². The molecule has 0 radical (unpaired) electrons. The van der Waals surface area contributed by atoms with Gasteiger partial charge in [-0.2, -0.15) is 9.78 Å². The minimum Gasteiger partial charge on any atom is -0.461 e. The Labute approximate surface area is 183 Å². The van der Waals surface area contributed by atoms with E-state index < -0.39 is 17.3 Å². The highest BCUT2D eigenvalue weighted by atomic mass is 32.1. The smallest absolute Gasteiger partial charge is 0.359 e. The molecule has 3 aromatic heterocycles. The lowest BCUT2D eigenvalue weighted by molar-refractivity contribution is -0.115. The number of esters is 1. The summed E-state index contributed by atoms with van der Waals surface area (Å²) in [6.45, 7) is 1.77. The van der Waals surface area contributed by atoms with E-state index in [1.165, 1.54) is 29.5 Å². The number of benzene rings is 1. The van der Waals surface area contributed by atoms with Crippen LogP contribution in [0.5, 0.6) is 0 Å². The largest absolute Gasteiger partial charge is 0.461 e. The molecular weight excluding hydrogens is 441 g/mol. The maximum absolute atomic E-state index is 13.8. The first kappa shape index (κ1) is 20.9. The van der Waals surface area contributed by atoms with Gasteiger partial charge in [0.25, 0.3) is 5.56 Å². The van der Waals surface area contributed by atoms with E-state index >= 15 is 0 Å². The predicted octanol–water partition coefficient (Wildman–Crippen LogP) is 4.01. The van der Waals surface area contributed by atoms with Gasteiger partial charge in [-0.15, -0.1) is 22.7 Å². The Balaban J connectivity index is 1.84. The third kappa shape index (κ3) is 4.25. The lowest BCUT2D eigenvalue weighted by Crippen LogP contribution is -2.25. The number of thiophene rings is 2. The van der Waals surface area contributed by atoms with Crippen LogP contribution in [0.1, 0.15) is 22.3 Å². The van der Waals surface area contributed by atoms with Crippen LogP contribution in [0.25, 0.3) is 16.5 Å². The second-order valence-corrected chi connectivity index (χ2v) is 8.34. The Bertz CT molecular complexity index is 1330. The molecule has 1 N–H and O–H groups in total. The summed E-state index contributed by atoms with van der Waals surface area (Å²) in [6, 6.07) is 9.00. The van der Waals surface area contributed by atoms with Crippen molar-refractivity contribution in [2.75, 3.05) is 11.9 Å². The number of nitrogens with one attached hydrogen (secondary N) is 1. The molecule has 0 atom stereocenters. The number of carbonyl (C=O) groups is 2. The van der Waals surface area contributed by atoms with Gasteiger partial charge in [-0.1, -0.05) is 12.1 Å². The zero-order valence-corrected chi connectivity index (χ0v) is 17.9. The maximum Gasteiger partial charge on any atom is 0.359 e. The van der Waals surface area contributed by atoms with Crippen LogP contribution in [0.3, 0.4) is 0 Å². The minimum atomic E-state index is -0.716. The predicted molar refractivity (Wildman–Crippen MR) is 118 cm³/mol. The van der Waals surface area contributed by atoms with E-state index in [2.05, 4.69) is 10.4 Å². The van der Waals surface area contributed by atoms with E-state index in [0.717, 1.165) is 27.0 Å². The van der Waals surface area contributed by atoms with Crippen molar-refractivity contribution in [1.29, 1.82) is 0 Å². The summed E-state index contributed by atoms with van der Waals surface area (Å²) in [5.41, 5.74) is -0.517. The Morgan fingerprint density at radius 1 is 1.23 bits per heavy atom. The molecule has 10 heteroatoms. The van der Waals surface area contributed by atoms with Gasteiger partial charge in [-0.05, 0) is 36.6 Å². The van der Waals surface area contributed by atoms with Gasteiger partial charge in [0.15, 0.2) is 5.69 Å². The van der Waals surface area contributed by atoms with Crippen molar-refractivity contribution < 1.29 is 18.7 Å². The Morgan fingerprint density at radius 3 is 2.77 bits per heavy atom. The molecule has 0 aliphatic rings. The van der Waals surface area contributed by atoms with Gasteiger partial charge < -0.3 is 10.1 Å². The molecule has 0 saturated heterocycles. The number of amides is 1. The van der Waals surface area contributed by atoms with Crippen LogP contribution < -0.4 is 10.9 Å². The molecule has 0 aliphatic carbocycles. The first-order valence-corrected chi connectivity index (χ1v) is 11.0. The summed E-state index contributed by atoms with van der Waals surface area (Å²) in [5, 5.41) is 11.0. The highest BCUT2D eigenvalue weighted by molar-refractivity contribution is 7.16. The van der Waals surface area contributed by atoms with Crippen LogP contribution in [-0.4, -0.2) is 28.3 Å². The third-order valence-electron chi connectivity index (χ3n) is 4.34. The molecule has 3 heterocycles. The van der Waals surface area contributed by atoms with Crippen molar-refractivity contribution >= 4 is 50.3 Å². The van der Waals surface area contributed by atoms with Crippen molar-refractivity contribution in [1.82, 2.24) is 9.78 Å². The molecule has 4 aromatic rings. The summed E-state index contributed by atoms with van der Waals surface area (Å²) in [6.07, 6.45) is 0.158. The summed E-state index contributed by atoms with van der Waals surface area (Å²) in [7, 11) is 0. The Morgan fingerprint density at radius 2 is 2.06 bits per heavy atom. The van der Waals surface area contributed by atoms with Crippen LogP contribution in [0, 0.1) is 5.82 Å². The molecule has 7 nitrogen and oxygen atoms in total. The molecule has 0 spiro atoms. The van der Waals surface area contributed by atoms with Crippen molar-refractivity contribution in [3.8, 4) is 5.69 Å². The number of carbonyl (C=O) groups excluding carboxylic acids is 2. The average Bonchev–Trinajstić information content (AvgIpc) is 3.39.